The molecular formula is C32H38F2N5O2+. The number of hydrogen-bond acceptors (Lipinski definition) is 5. The van der Waals surface area contributed by atoms with E-state index in [1.807, 2.05) is 24.7 Å². The number of aromatic nitrogens is 3. The minimum atomic E-state index is -0.867. The summed E-state index contributed by atoms with van der Waals surface area (Å²) in [6.07, 6.45) is 5.45. The number of nitrogens with zero attached hydrogens (tertiary/aromatic N) is 5. The molecule has 0 aliphatic carbocycles. The van der Waals surface area contributed by atoms with Crippen molar-refractivity contribution in [3.05, 3.63) is 53.9 Å². The quantitative estimate of drug-likeness (QED) is 0.277. The van der Waals surface area contributed by atoms with Crippen LogP contribution in [0.1, 0.15) is 45.0 Å². The van der Waals surface area contributed by atoms with Gasteiger partial charge in [-0.3, -0.25) is 9.38 Å². The molecule has 41 heavy (non-hydrogen) atoms. The van der Waals surface area contributed by atoms with Gasteiger partial charge in [-0.2, -0.15) is 5.10 Å². The smallest absolute Gasteiger partial charge is 0.235 e. The first-order valence-electron chi connectivity index (χ1n) is 14.8. The maximum absolute atomic E-state index is 14.7. The van der Waals surface area contributed by atoms with Crippen LogP contribution in [-0.4, -0.2) is 78.3 Å². The van der Waals surface area contributed by atoms with Crippen molar-refractivity contribution in [2.45, 2.75) is 51.4 Å². The number of ether oxygens (including phenoxy) is 2. The molecule has 2 aromatic carbocycles. The summed E-state index contributed by atoms with van der Waals surface area (Å²) >= 11 is 0. The number of benzene rings is 2. The van der Waals surface area contributed by atoms with Gasteiger partial charge in [0.05, 0.1) is 48.0 Å². The van der Waals surface area contributed by atoms with Crippen LogP contribution in [0.3, 0.4) is 0 Å². The molecule has 9 heteroatoms. The molecule has 4 saturated heterocycles. The van der Waals surface area contributed by atoms with Gasteiger partial charge in [0, 0.05) is 50.7 Å². The largest absolute Gasteiger partial charge is 0.378 e. The highest BCUT2D eigenvalue weighted by Crippen LogP contribution is 2.43. The average Bonchev–Trinajstić information content (AvgIpc) is 3.41. The van der Waals surface area contributed by atoms with Crippen molar-refractivity contribution in [1.29, 1.82) is 0 Å². The Hall–Kier alpha value is -2.98. The van der Waals surface area contributed by atoms with Crippen molar-refractivity contribution in [3.8, 4) is 11.1 Å². The van der Waals surface area contributed by atoms with Crippen LogP contribution in [0.4, 0.5) is 14.6 Å². The Morgan fingerprint density at radius 3 is 2.49 bits per heavy atom. The van der Waals surface area contributed by atoms with E-state index in [0.29, 0.717) is 12.0 Å². The molecular weight excluding hydrogens is 524 g/mol. The fourth-order valence-corrected chi connectivity index (χ4v) is 6.96. The lowest BCUT2D eigenvalue weighted by molar-refractivity contribution is -0.0366. The highest BCUT2D eigenvalue weighted by Gasteiger charge is 2.43. The van der Waals surface area contributed by atoms with E-state index in [0.717, 1.165) is 108 Å². The van der Waals surface area contributed by atoms with Gasteiger partial charge in [0.1, 0.15) is 0 Å². The number of quaternary nitrogens is 1. The fourth-order valence-electron chi connectivity index (χ4n) is 6.96. The van der Waals surface area contributed by atoms with Gasteiger partial charge in [0.2, 0.25) is 5.82 Å². The SMILES string of the molecule is COC(C)(C)Cc1nc([N+]23CCN(CC2)CC3)c2cc3c(cnn3C3CCCCO3)cc2c1-c1ccc(F)c(F)c1. The van der Waals surface area contributed by atoms with Crippen LogP contribution in [0.2, 0.25) is 0 Å². The van der Waals surface area contributed by atoms with E-state index in [4.69, 9.17) is 19.6 Å². The van der Waals surface area contributed by atoms with Gasteiger partial charge in [-0.25, -0.2) is 18.4 Å². The molecule has 4 aromatic rings. The molecule has 0 spiro atoms. The average molecular weight is 563 g/mol. The zero-order valence-corrected chi connectivity index (χ0v) is 24.1. The molecule has 0 N–H and O–H groups in total. The summed E-state index contributed by atoms with van der Waals surface area (Å²) in [7, 11) is 1.70. The van der Waals surface area contributed by atoms with Crippen LogP contribution < -0.4 is 4.48 Å². The van der Waals surface area contributed by atoms with E-state index in [1.54, 1.807) is 13.2 Å². The van der Waals surface area contributed by atoms with Crippen molar-refractivity contribution < 1.29 is 18.3 Å². The van der Waals surface area contributed by atoms with E-state index < -0.39 is 17.2 Å². The van der Waals surface area contributed by atoms with Gasteiger partial charge >= 0.3 is 0 Å². The summed E-state index contributed by atoms with van der Waals surface area (Å²) in [4.78, 5) is 8.01. The number of hydrogen-bond donors (Lipinski definition) is 0. The van der Waals surface area contributed by atoms with Gasteiger partial charge in [-0.05, 0) is 68.3 Å². The van der Waals surface area contributed by atoms with E-state index >= 15 is 0 Å². The molecule has 1 atom stereocenters. The molecule has 7 nitrogen and oxygen atoms in total. The maximum atomic E-state index is 14.7. The van der Waals surface area contributed by atoms with Gasteiger partial charge < -0.3 is 9.47 Å². The van der Waals surface area contributed by atoms with Gasteiger partial charge in [-0.15, -0.1) is 0 Å². The summed E-state index contributed by atoms with van der Waals surface area (Å²) in [5.41, 5.74) is 2.79. The predicted octanol–water partition coefficient (Wildman–Crippen LogP) is 5.83. The summed E-state index contributed by atoms with van der Waals surface area (Å²) in [5.74, 6) is -0.664. The third-order valence-electron chi connectivity index (χ3n) is 9.54. The van der Waals surface area contributed by atoms with Gasteiger partial charge in [0.15, 0.2) is 17.9 Å². The highest BCUT2D eigenvalue weighted by atomic mass is 19.2. The summed E-state index contributed by atoms with van der Waals surface area (Å²) < 4.78 is 43.6. The van der Waals surface area contributed by atoms with E-state index in [9.17, 15) is 8.78 Å². The lowest BCUT2D eigenvalue weighted by Crippen LogP contribution is -2.68. The zero-order valence-electron chi connectivity index (χ0n) is 24.1. The molecule has 8 rings (SSSR count). The van der Waals surface area contributed by atoms with Crippen LogP contribution in [-0.2, 0) is 15.9 Å². The topological polar surface area (TPSA) is 52.4 Å². The Labute approximate surface area is 239 Å². The van der Waals surface area contributed by atoms with Crippen LogP contribution in [0.5, 0.6) is 0 Å². The van der Waals surface area contributed by atoms with Crippen molar-refractivity contribution in [2.75, 3.05) is 53.0 Å². The Morgan fingerprint density at radius 1 is 1.02 bits per heavy atom. The molecule has 0 radical (unpaired) electrons. The minimum absolute atomic E-state index is 0.0897. The first kappa shape index (κ1) is 26.9. The third-order valence-corrected chi connectivity index (χ3v) is 9.54. The first-order valence-corrected chi connectivity index (χ1v) is 14.8. The number of methoxy groups -OCH3 is 1. The second kappa shape index (κ2) is 10.1. The molecule has 1 unspecified atom stereocenters. The lowest BCUT2D eigenvalue weighted by atomic mass is 9.90. The molecule has 4 fully saturated rings. The zero-order chi connectivity index (χ0) is 28.4. The molecule has 216 valence electrons. The van der Waals surface area contributed by atoms with Gasteiger partial charge in [0.25, 0.3) is 0 Å². The summed E-state index contributed by atoms with van der Waals surface area (Å²) in [6, 6.07) is 8.55. The number of halogens is 2. The lowest BCUT2D eigenvalue weighted by Gasteiger charge is -2.49. The molecule has 4 aliphatic rings. The van der Waals surface area contributed by atoms with Crippen molar-refractivity contribution in [3.63, 3.8) is 0 Å². The first-order chi connectivity index (χ1) is 19.8. The molecule has 0 saturated carbocycles. The molecule has 6 heterocycles. The minimum Gasteiger partial charge on any atom is -0.378 e. The number of rotatable bonds is 6. The number of piperazine rings is 3. The normalized spacial score (nSPS) is 24.9. The second-order valence-corrected chi connectivity index (χ2v) is 12.6. The number of fused-ring (bicyclic) bond motifs is 5. The summed E-state index contributed by atoms with van der Waals surface area (Å²) in [6.45, 7) is 11.0. The highest BCUT2D eigenvalue weighted by molar-refractivity contribution is 6.08. The van der Waals surface area contributed by atoms with E-state index in [-0.39, 0.29) is 6.23 Å². The predicted molar refractivity (Wildman–Crippen MR) is 157 cm³/mol. The summed E-state index contributed by atoms with van der Waals surface area (Å²) in [5, 5.41) is 7.81. The van der Waals surface area contributed by atoms with Crippen molar-refractivity contribution >= 4 is 27.5 Å². The van der Waals surface area contributed by atoms with Crippen LogP contribution in [0.25, 0.3) is 32.8 Å². The van der Waals surface area contributed by atoms with Crippen LogP contribution >= 0.6 is 0 Å². The second-order valence-electron chi connectivity index (χ2n) is 12.6. The van der Waals surface area contributed by atoms with Crippen molar-refractivity contribution in [2.24, 2.45) is 0 Å². The molecule has 2 aromatic heterocycles. The van der Waals surface area contributed by atoms with Gasteiger partial charge in [-0.1, -0.05) is 6.07 Å². The maximum Gasteiger partial charge on any atom is 0.235 e. The van der Waals surface area contributed by atoms with E-state index in [2.05, 4.69) is 17.0 Å². The Bertz CT molecular complexity index is 1610. The Morgan fingerprint density at radius 2 is 1.80 bits per heavy atom. The standard InChI is InChI=1S/C32H38F2N5O2/c1-32(2,40-3)19-27-30(21-7-8-25(33)26(34)17-21)23-16-22-20-35-38(29-6-4-5-15-41-29)28(22)18-24(23)31(36-27)39-12-9-37(10-13-39)11-14-39/h7-8,16-18,20,29H,4-6,9-15,19H2,1-3H3/q+1. The third kappa shape index (κ3) is 4.63. The monoisotopic (exact) mass is 562 g/mol. The fraction of sp³-hybridized carbons (Fsp3) is 0.500. The number of pyridine rings is 1. The molecule has 0 amide bonds. The van der Waals surface area contributed by atoms with Crippen molar-refractivity contribution in [1.82, 2.24) is 24.1 Å². The molecule has 4 aliphatic heterocycles. The Kier molecular flexibility index (Phi) is 6.61. The molecule has 2 bridgehead atoms. The Balaban J connectivity index is 1.54. The van der Waals surface area contributed by atoms with E-state index in [1.165, 1.54) is 12.1 Å². The van der Waals surface area contributed by atoms with Crippen LogP contribution in [0, 0.1) is 11.6 Å². The van der Waals surface area contributed by atoms with Crippen LogP contribution in [0.15, 0.2) is 36.5 Å².